The number of nitrogens with zero attached hydrogens (tertiary/aromatic N) is 4. The zero-order chi connectivity index (χ0) is 16.2. The summed E-state index contributed by atoms with van der Waals surface area (Å²) >= 11 is 1.46. The van der Waals surface area contributed by atoms with Crippen LogP contribution in [0.5, 0.6) is 0 Å². The number of nitrogens with two attached hydrogens (primary N) is 1. The smallest absolute Gasteiger partial charge is 0.210 e. The van der Waals surface area contributed by atoms with E-state index in [0.29, 0.717) is 22.3 Å². The maximum absolute atomic E-state index is 9.14. The number of aryl methyl sites for hydroxylation is 1. The van der Waals surface area contributed by atoms with E-state index >= 15 is 0 Å². The van der Waals surface area contributed by atoms with Crippen LogP contribution in [0, 0.1) is 18.3 Å². The molecule has 0 aliphatic rings. The van der Waals surface area contributed by atoms with Gasteiger partial charge in [0, 0.05) is 11.3 Å². The maximum atomic E-state index is 9.14. The van der Waals surface area contributed by atoms with Gasteiger partial charge in [-0.2, -0.15) is 5.26 Å². The van der Waals surface area contributed by atoms with E-state index in [1.807, 2.05) is 55.5 Å². The third-order valence-corrected chi connectivity index (χ3v) is 4.54. The fraction of sp³-hybridized carbons (Fsp3) is 0.118. The topological polar surface area (TPSA) is 80.5 Å². The van der Waals surface area contributed by atoms with E-state index in [1.165, 1.54) is 16.4 Å². The van der Waals surface area contributed by atoms with Crippen LogP contribution in [-0.2, 0) is 5.75 Å². The van der Waals surface area contributed by atoms with Gasteiger partial charge < -0.3 is 5.84 Å². The normalized spacial score (nSPS) is 10.4. The Kier molecular flexibility index (Phi) is 4.31. The quantitative estimate of drug-likeness (QED) is 0.590. The van der Waals surface area contributed by atoms with E-state index in [-0.39, 0.29) is 0 Å². The Balaban J connectivity index is 1.83. The summed E-state index contributed by atoms with van der Waals surface area (Å²) in [6, 6.07) is 17.6. The Hall–Kier alpha value is -2.78. The number of nitriles is 1. The van der Waals surface area contributed by atoms with E-state index in [0.717, 1.165) is 16.7 Å². The first-order chi connectivity index (χ1) is 11.2. The average Bonchev–Trinajstić information content (AvgIpc) is 2.94. The van der Waals surface area contributed by atoms with Crippen LogP contribution < -0.4 is 5.84 Å². The third-order valence-electron chi connectivity index (χ3n) is 3.55. The van der Waals surface area contributed by atoms with Crippen molar-refractivity contribution in [1.82, 2.24) is 14.9 Å². The summed E-state index contributed by atoms with van der Waals surface area (Å²) in [6.45, 7) is 2.01. The summed E-state index contributed by atoms with van der Waals surface area (Å²) in [7, 11) is 0. The van der Waals surface area contributed by atoms with Crippen LogP contribution in [0.1, 0.15) is 16.7 Å². The zero-order valence-electron chi connectivity index (χ0n) is 12.6. The largest absolute Gasteiger partial charge is 0.335 e. The van der Waals surface area contributed by atoms with E-state index in [9.17, 15) is 0 Å². The molecule has 0 atom stereocenters. The summed E-state index contributed by atoms with van der Waals surface area (Å²) in [5.74, 6) is 7.40. The first kappa shape index (κ1) is 15.1. The fourth-order valence-electron chi connectivity index (χ4n) is 2.28. The van der Waals surface area contributed by atoms with E-state index in [1.54, 1.807) is 0 Å². The van der Waals surface area contributed by atoms with Gasteiger partial charge in [0.1, 0.15) is 0 Å². The first-order valence-electron chi connectivity index (χ1n) is 7.08. The maximum Gasteiger partial charge on any atom is 0.210 e. The minimum absolute atomic E-state index is 0.618. The van der Waals surface area contributed by atoms with Gasteiger partial charge in [-0.1, -0.05) is 54.2 Å². The number of hydrogen-bond donors (Lipinski definition) is 1. The number of aromatic nitrogens is 3. The number of rotatable bonds is 4. The predicted molar refractivity (Wildman–Crippen MR) is 91.1 cm³/mol. The van der Waals surface area contributed by atoms with Gasteiger partial charge in [-0.15, -0.1) is 10.2 Å². The van der Waals surface area contributed by atoms with Crippen molar-refractivity contribution in [1.29, 1.82) is 5.26 Å². The lowest BCUT2D eigenvalue weighted by atomic mass is 10.1. The third kappa shape index (κ3) is 3.05. The highest BCUT2D eigenvalue weighted by Crippen LogP contribution is 2.26. The molecule has 0 amide bonds. The molecule has 0 bridgehead atoms. The Labute approximate surface area is 138 Å². The summed E-state index contributed by atoms with van der Waals surface area (Å²) in [5, 5.41) is 18.1. The molecule has 6 heteroatoms. The summed E-state index contributed by atoms with van der Waals surface area (Å²) in [6.07, 6.45) is 0. The number of benzene rings is 2. The average molecular weight is 321 g/mol. The van der Waals surface area contributed by atoms with Gasteiger partial charge in [-0.05, 0) is 24.1 Å². The second kappa shape index (κ2) is 6.55. The SMILES string of the molecule is Cc1ccccc1-c1nnc(SCc2ccccc2C#N)n1N. The zero-order valence-corrected chi connectivity index (χ0v) is 13.4. The van der Waals surface area contributed by atoms with Crippen molar-refractivity contribution in [2.24, 2.45) is 0 Å². The second-order valence-corrected chi connectivity index (χ2v) is 5.99. The second-order valence-electron chi connectivity index (χ2n) is 5.05. The molecule has 3 aromatic rings. The molecule has 0 fully saturated rings. The van der Waals surface area contributed by atoms with Crippen LogP contribution in [0.25, 0.3) is 11.4 Å². The van der Waals surface area contributed by atoms with Crippen LogP contribution in [0.15, 0.2) is 53.7 Å². The van der Waals surface area contributed by atoms with E-state index in [2.05, 4.69) is 16.3 Å². The Morgan fingerprint density at radius 3 is 2.65 bits per heavy atom. The molecular weight excluding hydrogens is 306 g/mol. The molecule has 0 aliphatic carbocycles. The molecule has 5 nitrogen and oxygen atoms in total. The molecule has 1 heterocycles. The molecular formula is C17H15N5S. The molecule has 2 N–H and O–H groups in total. The highest BCUT2D eigenvalue weighted by Gasteiger charge is 2.14. The Morgan fingerprint density at radius 2 is 1.87 bits per heavy atom. The Bertz CT molecular complexity index is 879. The predicted octanol–water partition coefficient (Wildman–Crippen LogP) is 3.13. The molecule has 0 unspecified atom stereocenters. The van der Waals surface area contributed by atoms with Crippen molar-refractivity contribution in [3.8, 4) is 17.5 Å². The number of nitrogen functional groups attached to an aromatic ring is 1. The standard InChI is InChI=1S/C17H15N5S/c1-12-6-2-5-9-15(12)16-20-21-17(22(16)19)23-11-14-8-4-3-7-13(14)10-18/h2-9H,11,19H2,1H3. The molecule has 23 heavy (non-hydrogen) atoms. The fourth-order valence-corrected chi connectivity index (χ4v) is 3.14. The van der Waals surface area contributed by atoms with Gasteiger partial charge in [0.25, 0.3) is 0 Å². The highest BCUT2D eigenvalue weighted by atomic mass is 32.2. The minimum Gasteiger partial charge on any atom is -0.335 e. The molecule has 1 aromatic heterocycles. The van der Waals surface area contributed by atoms with Crippen molar-refractivity contribution in [3.05, 3.63) is 65.2 Å². The lowest BCUT2D eigenvalue weighted by molar-refractivity contribution is 0.849. The van der Waals surface area contributed by atoms with Crippen LogP contribution in [0.4, 0.5) is 0 Å². The summed E-state index contributed by atoms with van der Waals surface area (Å²) < 4.78 is 1.50. The van der Waals surface area contributed by atoms with Crippen LogP contribution in [-0.4, -0.2) is 14.9 Å². The summed E-state index contributed by atoms with van der Waals surface area (Å²) in [5.41, 5.74) is 3.69. The Morgan fingerprint density at radius 1 is 1.13 bits per heavy atom. The molecule has 0 spiro atoms. The van der Waals surface area contributed by atoms with Gasteiger partial charge >= 0.3 is 0 Å². The van der Waals surface area contributed by atoms with Crippen molar-refractivity contribution in [2.45, 2.75) is 17.8 Å². The molecule has 3 rings (SSSR count). The molecule has 0 radical (unpaired) electrons. The van der Waals surface area contributed by atoms with Gasteiger partial charge in [-0.25, -0.2) is 4.68 Å². The van der Waals surface area contributed by atoms with Crippen LogP contribution in [0.3, 0.4) is 0 Å². The molecule has 2 aromatic carbocycles. The number of thioether (sulfide) groups is 1. The van der Waals surface area contributed by atoms with Crippen molar-refractivity contribution >= 4 is 11.8 Å². The molecule has 0 saturated heterocycles. The summed E-state index contributed by atoms with van der Waals surface area (Å²) in [4.78, 5) is 0. The lowest BCUT2D eigenvalue weighted by Crippen LogP contribution is -2.12. The first-order valence-corrected chi connectivity index (χ1v) is 8.06. The molecule has 0 aliphatic heterocycles. The highest BCUT2D eigenvalue weighted by molar-refractivity contribution is 7.98. The van der Waals surface area contributed by atoms with Crippen LogP contribution >= 0.6 is 11.8 Å². The van der Waals surface area contributed by atoms with Gasteiger partial charge in [0.2, 0.25) is 5.16 Å². The van der Waals surface area contributed by atoms with Crippen molar-refractivity contribution in [2.75, 3.05) is 5.84 Å². The van der Waals surface area contributed by atoms with Gasteiger partial charge in [0.15, 0.2) is 5.82 Å². The monoisotopic (exact) mass is 321 g/mol. The van der Waals surface area contributed by atoms with Crippen molar-refractivity contribution in [3.63, 3.8) is 0 Å². The minimum atomic E-state index is 0.618. The molecule has 114 valence electrons. The number of hydrogen-bond acceptors (Lipinski definition) is 5. The van der Waals surface area contributed by atoms with Gasteiger partial charge in [-0.3, -0.25) is 0 Å². The molecule has 0 saturated carbocycles. The van der Waals surface area contributed by atoms with E-state index < -0.39 is 0 Å². The van der Waals surface area contributed by atoms with Crippen LogP contribution in [0.2, 0.25) is 0 Å². The van der Waals surface area contributed by atoms with E-state index in [4.69, 9.17) is 11.1 Å². The van der Waals surface area contributed by atoms with Crippen molar-refractivity contribution < 1.29 is 0 Å². The lowest BCUT2D eigenvalue weighted by Gasteiger charge is -2.06. The van der Waals surface area contributed by atoms with Gasteiger partial charge in [0.05, 0.1) is 11.6 Å².